The number of rotatable bonds is 26. The zero-order valence-corrected chi connectivity index (χ0v) is 44.0. The third-order valence-electron chi connectivity index (χ3n) is 13.3. The number of hydrogen-bond acceptors (Lipinski definition) is 0. The maximum Gasteiger partial charge on any atom is 0.0653 e. The molecule has 0 saturated heterocycles. The highest BCUT2D eigenvalue weighted by Gasteiger charge is 2.39. The van der Waals surface area contributed by atoms with Gasteiger partial charge in [0.1, 0.15) is 0 Å². The van der Waals surface area contributed by atoms with Crippen LogP contribution in [0.15, 0.2) is 143 Å². The lowest BCUT2D eigenvalue weighted by Crippen LogP contribution is -2.32. The van der Waals surface area contributed by atoms with Gasteiger partial charge >= 0.3 is 0 Å². The van der Waals surface area contributed by atoms with Gasteiger partial charge in [0.15, 0.2) is 0 Å². The summed E-state index contributed by atoms with van der Waals surface area (Å²) in [5.74, 6) is 0. The average molecular weight is 965 g/mol. The van der Waals surface area contributed by atoms with E-state index < -0.39 is 5.41 Å². The summed E-state index contributed by atoms with van der Waals surface area (Å²) in [5, 5.41) is 0. The number of hydrogen-bond donors (Lipinski definition) is 0. The Balaban J connectivity index is 2.33. The highest BCUT2D eigenvalue weighted by molar-refractivity contribution is 9.11. The molecule has 62 heavy (non-hydrogen) atoms. The van der Waals surface area contributed by atoms with Gasteiger partial charge in [-0.2, -0.15) is 0 Å². The van der Waals surface area contributed by atoms with E-state index in [0.29, 0.717) is 0 Å². The zero-order chi connectivity index (χ0) is 45.8. The van der Waals surface area contributed by atoms with Crippen LogP contribution in [0.4, 0.5) is 0 Å². The van der Waals surface area contributed by atoms with Crippen LogP contribution in [0.1, 0.15) is 199 Å². The van der Waals surface area contributed by atoms with Crippen molar-refractivity contribution in [2.75, 3.05) is 0 Å². The Morgan fingerprint density at radius 1 is 0.597 bits per heavy atom. The van der Waals surface area contributed by atoms with Gasteiger partial charge in [-0.3, -0.25) is 0 Å². The summed E-state index contributed by atoms with van der Waals surface area (Å²) >= 11 is 7.64. The van der Waals surface area contributed by atoms with Crippen molar-refractivity contribution in [3.05, 3.63) is 176 Å². The second-order valence-corrected chi connectivity index (χ2v) is 21.4. The first kappa shape index (κ1) is 53.4. The zero-order valence-electron chi connectivity index (χ0n) is 40.9. The second kappa shape index (κ2) is 26.1. The predicted molar refractivity (Wildman–Crippen MR) is 285 cm³/mol. The van der Waals surface area contributed by atoms with Gasteiger partial charge < -0.3 is 0 Å². The highest BCUT2D eigenvalue weighted by Crippen LogP contribution is 2.48. The fraction of sp³-hybridized carbons (Fsp3) is 0.500. The van der Waals surface area contributed by atoms with E-state index in [2.05, 4.69) is 204 Å². The van der Waals surface area contributed by atoms with Crippen LogP contribution in [0, 0.1) is 0 Å². The molecule has 338 valence electrons. The number of allylic oxidation sites excluding steroid dienone is 9. The molecule has 0 aromatic heterocycles. The van der Waals surface area contributed by atoms with Crippen molar-refractivity contribution in [2.45, 2.75) is 194 Å². The fourth-order valence-electron chi connectivity index (χ4n) is 9.36. The van der Waals surface area contributed by atoms with E-state index in [-0.39, 0.29) is 16.2 Å². The summed E-state index contributed by atoms with van der Waals surface area (Å²) in [4.78, 5) is 1.96. The molecule has 3 aromatic carbocycles. The van der Waals surface area contributed by atoms with Gasteiger partial charge in [0.05, 0.1) is 5.41 Å². The Morgan fingerprint density at radius 2 is 1.06 bits per heavy atom. The largest absolute Gasteiger partial charge is 0.0949 e. The van der Waals surface area contributed by atoms with Crippen molar-refractivity contribution in [1.82, 2.24) is 0 Å². The third-order valence-corrected chi connectivity index (χ3v) is 14.0. The summed E-state index contributed by atoms with van der Waals surface area (Å²) in [6.45, 7) is 32.6. The smallest absolute Gasteiger partial charge is 0.0653 e. The summed E-state index contributed by atoms with van der Waals surface area (Å²) in [6, 6.07) is 25.8. The van der Waals surface area contributed by atoms with Gasteiger partial charge in [-0.25, -0.2) is 0 Å². The average Bonchev–Trinajstić information content (AvgIpc) is 3.23. The van der Waals surface area contributed by atoms with Crippen LogP contribution in [-0.4, -0.2) is 0 Å². The molecule has 0 spiro atoms. The minimum absolute atomic E-state index is 0.0502. The van der Waals surface area contributed by atoms with E-state index in [9.17, 15) is 0 Å². The molecule has 0 N–H and O–H groups in total. The summed E-state index contributed by atoms with van der Waals surface area (Å²) in [7, 11) is 0. The molecule has 0 aliphatic rings. The molecule has 0 unspecified atom stereocenters. The van der Waals surface area contributed by atoms with Crippen LogP contribution >= 0.6 is 31.9 Å². The summed E-state index contributed by atoms with van der Waals surface area (Å²) in [5.41, 5.74) is 10.9. The van der Waals surface area contributed by atoms with Crippen LogP contribution in [-0.2, 0) is 28.1 Å². The maximum atomic E-state index is 4.97. The van der Waals surface area contributed by atoms with Crippen molar-refractivity contribution >= 4 is 31.9 Å². The molecule has 3 aromatic rings. The molecule has 0 amide bonds. The normalized spacial score (nSPS) is 13.3. The standard InChI is InChI=1S/C60H84Br2/c1-13-16-19-22-24-27-43-59(44-28-25-23-20-17-14-2,47(4)29-26-21-18-15-3)56-46-55(62)41-32-50(56)31-30-48(5)60(49(6)42-45-61,53-37-33-51(34-38-53)57(7,8)9)54-39-35-52(36-40-54)58(10,11)12/h15,18,26,29-30,32-42,45-46H,4,6,13-14,16-17,19-25,27-28,31,43-44H2,1-3,5,7-12H3/b18-15-,29-26+,45-42+,48-30+. The molecular weight excluding hydrogens is 880 g/mol. The molecule has 2 heteroatoms. The summed E-state index contributed by atoms with van der Waals surface area (Å²) in [6.07, 6.45) is 33.1. The molecule has 0 nitrogen and oxygen atoms in total. The number of unbranched alkanes of at least 4 members (excludes halogenated alkanes) is 10. The van der Waals surface area contributed by atoms with Gasteiger partial charge in [-0.05, 0) is 112 Å². The first-order valence-corrected chi connectivity index (χ1v) is 25.8. The van der Waals surface area contributed by atoms with E-state index in [0.717, 1.165) is 35.7 Å². The lowest BCUT2D eigenvalue weighted by Gasteiger charge is -2.39. The fourth-order valence-corrected chi connectivity index (χ4v) is 10.0. The summed E-state index contributed by atoms with van der Waals surface area (Å²) < 4.78 is 1.14. The Labute approximate surface area is 398 Å². The van der Waals surface area contributed by atoms with Crippen molar-refractivity contribution in [2.24, 2.45) is 0 Å². The SMILES string of the molecule is C=C(/C=C/C/C=C\C)C(CCCCCCCC)(CCCCCCCC)c1cc(Br)ccc1C/C=C(\C)C(C(=C)/C=C/Br)(c1ccc(C(C)(C)C)cc1)c1ccc(C(C)(C)C)cc1. The first-order chi connectivity index (χ1) is 29.5. The topological polar surface area (TPSA) is 0 Å². The third kappa shape index (κ3) is 14.8. The van der Waals surface area contributed by atoms with Crippen molar-refractivity contribution in [1.29, 1.82) is 0 Å². The molecule has 0 atom stereocenters. The van der Waals surface area contributed by atoms with Crippen LogP contribution in [0.3, 0.4) is 0 Å². The maximum absolute atomic E-state index is 4.97. The first-order valence-electron chi connectivity index (χ1n) is 24.1. The van der Waals surface area contributed by atoms with Gasteiger partial charge in [-0.15, -0.1) is 0 Å². The molecule has 0 aliphatic carbocycles. The minimum atomic E-state index is -0.584. The molecular formula is C60H84Br2. The van der Waals surface area contributed by atoms with Crippen molar-refractivity contribution in [3.63, 3.8) is 0 Å². The van der Waals surface area contributed by atoms with Gasteiger partial charge in [0.2, 0.25) is 0 Å². The lowest BCUT2D eigenvalue weighted by molar-refractivity contribution is 0.388. The molecule has 0 radical (unpaired) electrons. The lowest BCUT2D eigenvalue weighted by atomic mass is 9.63. The van der Waals surface area contributed by atoms with Crippen LogP contribution in [0.25, 0.3) is 0 Å². The number of benzene rings is 3. The van der Waals surface area contributed by atoms with Gasteiger partial charge in [0.25, 0.3) is 0 Å². The monoisotopic (exact) mass is 962 g/mol. The minimum Gasteiger partial charge on any atom is -0.0949 e. The Bertz CT molecular complexity index is 1860. The Kier molecular flexibility index (Phi) is 22.5. The number of halogens is 2. The predicted octanol–water partition coefficient (Wildman–Crippen LogP) is 19.8. The van der Waals surface area contributed by atoms with Crippen LogP contribution in [0.2, 0.25) is 0 Å². The van der Waals surface area contributed by atoms with E-state index in [1.807, 2.05) is 4.99 Å². The molecule has 0 aliphatic heterocycles. The van der Waals surface area contributed by atoms with E-state index in [1.165, 1.54) is 122 Å². The van der Waals surface area contributed by atoms with Crippen molar-refractivity contribution in [3.8, 4) is 0 Å². The molecule has 0 heterocycles. The van der Waals surface area contributed by atoms with E-state index in [1.54, 1.807) is 0 Å². The van der Waals surface area contributed by atoms with E-state index in [4.69, 9.17) is 13.2 Å². The van der Waals surface area contributed by atoms with E-state index >= 15 is 0 Å². The quantitative estimate of drug-likeness (QED) is 0.0427. The Morgan fingerprint density at radius 3 is 1.52 bits per heavy atom. The van der Waals surface area contributed by atoms with Gasteiger partial charge in [0, 0.05) is 9.89 Å². The van der Waals surface area contributed by atoms with Crippen molar-refractivity contribution < 1.29 is 0 Å². The second-order valence-electron chi connectivity index (χ2n) is 20.0. The molecule has 0 saturated carbocycles. The van der Waals surface area contributed by atoms with Gasteiger partial charge in [-0.1, -0.05) is 274 Å². The highest BCUT2D eigenvalue weighted by atomic mass is 79.9. The van der Waals surface area contributed by atoms with Crippen LogP contribution < -0.4 is 0 Å². The molecule has 3 rings (SSSR count). The Hall–Kier alpha value is -2.94. The molecule has 0 fully saturated rings. The van der Waals surface area contributed by atoms with Crippen LogP contribution in [0.5, 0.6) is 0 Å². The molecule has 0 bridgehead atoms.